The van der Waals surface area contributed by atoms with E-state index in [1.165, 1.54) is 0 Å². The number of hydrogen-bond donors (Lipinski definition) is 1. The Morgan fingerprint density at radius 3 is 2.59 bits per heavy atom. The Kier molecular flexibility index (Phi) is 7.48. The fourth-order valence-corrected chi connectivity index (χ4v) is 3.34. The van der Waals surface area contributed by atoms with Gasteiger partial charge in [-0.25, -0.2) is 0 Å². The minimum atomic E-state index is 0.00574. The highest BCUT2D eigenvalue weighted by atomic mass is 16.5. The number of para-hydroxylation sites is 1. The van der Waals surface area contributed by atoms with Crippen molar-refractivity contribution in [2.75, 3.05) is 19.7 Å². The number of unbranched alkanes of at least 4 members (excludes halogenated alkanes) is 1. The van der Waals surface area contributed by atoms with Gasteiger partial charge in [0.15, 0.2) is 5.78 Å². The van der Waals surface area contributed by atoms with Crippen molar-refractivity contribution in [3.8, 4) is 5.75 Å². The average molecular weight is 394 g/mol. The first-order chi connectivity index (χ1) is 14.1. The van der Waals surface area contributed by atoms with Crippen LogP contribution in [-0.2, 0) is 6.42 Å². The van der Waals surface area contributed by atoms with E-state index in [4.69, 9.17) is 9.15 Å². The van der Waals surface area contributed by atoms with Crippen LogP contribution in [0.5, 0.6) is 5.75 Å². The number of rotatable bonds is 11. The van der Waals surface area contributed by atoms with Crippen LogP contribution in [0.4, 0.5) is 0 Å². The molecule has 1 heterocycles. The molecule has 3 aromatic rings. The van der Waals surface area contributed by atoms with Crippen LogP contribution in [0.2, 0.25) is 0 Å². The zero-order valence-electron chi connectivity index (χ0n) is 17.7. The molecule has 1 aromatic heterocycles. The van der Waals surface area contributed by atoms with Crippen molar-refractivity contribution in [1.82, 2.24) is 5.32 Å². The molecule has 154 valence electrons. The highest BCUT2D eigenvalue weighted by Gasteiger charge is 2.21. The summed E-state index contributed by atoms with van der Waals surface area (Å²) in [6.07, 6.45) is 2.83. The monoisotopic (exact) mass is 393 g/mol. The number of carbonyl (C=O) groups excluding carboxylic acids is 1. The minimum Gasteiger partial charge on any atom is -0.492 e. The highest BCUT2D eigenvalue weighted by Crippen LogP contribution is 2.29. The van der Waals surface area contributed by atoms with E-state index in [0.29, 0.717) is 23.7 Å². The molecule has 0 atom stereocenters. The maximum absolute atomic E-state index is 13.3. The molecule has 0 spiro atoms. The first-order valence-corrected chi connectivity index (χ1v) is 10.6. The summed E-state index contributed by atoms with van der Waals surface area (Å²) in [6, 6.07) is 15.2. The van der Waals surface area contributed by atoms with E-state index in [1.807, 2.05) is 48.5 Å². The normalized spacial score (nSPS) is 11.3. The molecule has 2 aromatic carbocycles. The van der Waals surface area contributed by atoms with Gasteiger partial charge in [-0.1, -0.05) is 45.4 Å². The first kappa shape index (κ1) is 21.1. The first-order valence-electron chi connectivity index (χ1n) is 10.6. The number of furan rings is 1. The van der Waals surface area contributed by atoms with E-state index in [1.54, 1.807) is 0 Å². The fraction of sp³-hybridized carbons (Fsp3) is 0.400. The van der Waals surface area contributed by atoms with Gasteiger partial charge in [0, 0.05) is 23.9 Å². The number of ether oxygens (including phenoxy) is 1. The topological polar surface area (TPSA) is 51.5 Å². The third-order valence-corrected chi connectivity index (χ3v) is 4.87. The molecule has 3 rings (SSSR count). The Morgan fingerprint density at radius 1 is 1.10 bits per heavy atom. The van der Waals surface area contributed by atoms with Crippen LogP contribution in [0.25, 0.3) is 11.0 Å². The molecule has 0 bridgehead atoms. The molecule has 1 N–H and O–H groups in total. The molecule has 0 saturated heterocycles. The summed E-state index contributed by atoms with van der Waals surface area (Å²) < 4.78 is 11.8. The summed E-state index contributed by atoms with van der Waals surface area (Å²) in [7, 11) is 0. The van der Waals surface area contributed by atoms with Crippen LogP contribution in [-0.4, -0.2) is 25.5 Å². The minimum absolute atomic E-state index is 0.00574. The van der Waals surface area contributed by atoms with E-state index in [2.05, 4.69) is 26.1 Å². The van der Waals surface area contributed by atoms with Gasteiger partial charge in [0.25, 0.3) is 0 Å². The highest BCUT2D eigenvalue weighted by molar-refractivity contribution is 6.16. The molecule has 0 saturated carbocycles. The fourth-order valence-electron chi connectivity index (χ4n) is 3.34. The molecule has 0 fully saturated rings. The molecule has 0 aliphatic carbocycles. The van der Waals surface area contributed by atoms with Gasteiger partial charge in [0.1, 0.15) is 23.7 Å². The van der Waals surface area contributed by atoms with Crippen LogP contribution < -0.4 is 10.1 Å². The van der Waals surface area contributed by atoms with Crippen molar-refractivity contribution in [2.24, 2.45) is 5.92 Å². The molecular weight excluding hydrogens is 362 g/mol. The summed E-state index contributed by atoms with van der Waals surface area (Å²) in [5.41, 5.74) is 2.12. The third kappa shape index (κ3) is 5.48. The van der Waals surface area contributed by atoms with Crippen molar-refractivity contribution in [3.05, 3.63) is 65.4 Å². The number of benzene rings is 2. The zero-order chi connectivity index (χ0) is 20.6. The van der Waals surface area contributed by atoms with Crippen molar-refractivity contribution in [2.45, 2.75) is 40.0 Å². The lowest BCUT2D eigenvalue weighted by Gasteiger charge is -2.09. The summed E-state index contributed by atoms with van der Waals surface area (Å²) in [4.78, 5) is 13.3. The Labute approximate surface area is 173 Å². The van der Waals surface area contributed by atoms with E-state index in [0.717, 1.165) is 54.8 Å². The van der Waals surface area contributed by atoms with Crippen molar-refractivity contribution in [3.63, 3.8) is 0 Å². The summed E-state index contributed by atoms with van der Waals surface area (Å²) in [5.74, 6) is 2.19. The molecule has 0 aliphatic heterocycles. The predicted octanol–water partition coefficient (Wildman–Crippen LogP) is 5.63. The summed E-state index contributed by atoms with van der Waals surface area (Å²) >= 11 is 0. The van der Waals surface area contributed by atoms with Crippen LogP contribution in [0, 0.1) is 5.92 Å². The Morgan fingerprint density at radius 2 is 1.86 bits per heavy atom. The number of hydrogen-bond acceptors (Lipinski definition) is 4. The predicted molar refractivity (Wildman–Crippen MR) is 118 cm³/mol. The molecule has 0 aliphatic rings. The molecular formula is C25H31NO3. The molecule has 0 radical (unpaired) electrons. The van der Waals surface area contributed by atoms with E-state index in [9.17, 15) is 4.79 Å². The van der Waals surface area contributed by atoms with E-state index < -0.39 is 0 Å². The van der Waals surface area contributed by atoms with Gasteiger partial charge >= 0.3 is 0 Å². The second-order valence-electron chi connectivity index (χ2n) is 7.80. The van der Waals surface area contributed by atoms with Crippen LogP contribution in [0.3, 0.4) is 0 Å². The molecule has 0 unspecified atom stereocenters. The van der Waals surface area contributed by atoms with Gasteiger partial charge in [-0.05, 0) is 49.2 Å². The van der Waals surface area contributed by atoms with Gasteiger partial charge in [-0.3, -0.25) is 4.79 Å². The Bertz CT molecular complexity index is 925. The Hall–Kier alpha value is -2.59. The number of nitrogens with one attached hydrogen (secondary N) is 1. The number of aryl methyl sites for hydroxylation is 1. The molecule has 4 heteroatoms. The largest absolute Gasteiger partial charge is 0.492 e. The van der Waals surface area contributed by atoms with Crippen molar-refractivity contribution >= 4 is 16.8 Å². The van der Waals surface area contributed by atoms with Gasteiger partial charge < -0.3 is 14.5 Å². The molecule has 0 amide bonds. The maximum Gasteiger partial charge on any atom is 0.197 e. The number of fused-ring (bicyclic) bond motifs is 1. The third-order valence-electron chi connectivity index (χ3n) is 4.87. The second-order valence-corrected chi connectivity index (χ2v) is 7.80. The lowest BCUT2D eigenvalue weighted by atomic mass is 9.98. The van der Waals surface area contributed by atoms with E-state index in [-0.39, 0.29) is 5.78 Å². The lowest BCUT2D eigenvalue weighted by Crippen LogP contribution is -2.24. The lowest BCUT2D eigenvalue weighted by molar-refractivity contribution is 0.103. The van der Waals surface area contributed by atoms with Crippen molar-refractivity contribution in [1.29, 1.82) is 0 Å². The van der Waals surface area contributed by atoms with Gasteiger partial charge in [0.05, 0.1) is 5.56 Å². The smallest absolute Gasteiger partial charge is 0.197 e. The summed E-state index contributed by atoms with van der Waals surface area (Å²) in [6.45, 7) is 8.90. The van der Waals surface area contributed by atoms with Gasteiger partial charge in [0.2, 0.25) is 0 Å². The second kappa shape index (κ2) is 10.3. The summed E-state index contributed by atoms with van der Waals surface area (Å²) in [5, 5.41) is 4.24. The maximum atomic E-state index is 13.3. The van der Waals surface area contributed by atoms with E-state index >= 15 is 0 Å². The quantitative estimate of drug-likeness (QED) is 0.339. The van der Waals surface area contributed by atoms with Crippen LogP contribution in [0.15, 0.2) is 52.9 Å². The SMILES string of the molecule is CCCCc1oc2ccccc2c1C(=O)c1ccc(OCCNCC(C)C)cc1. The Balaban J connectivity index is 1.72. The molecule has 29 heavy (non-hydrogen) atoms. The van der Waals surface area contributed by atoms with Crippen molar-refractivity contribution < 1.29 is 13.9 Å². The van der Waals surface area contributed by atoms with Crippen LogP contribution in [0.1, 0.15) is 55.3 Å². The molecule has 4 nitrogen and oxygen atoms in total. The van der Waals surface area contributed by atoms with Gasteiger partial charge in [-0.2, -0.15) is 0 Å². The van der Waals surface area contributed by atoms with Crippen LogP contribution >= 0.6 is 0 Å². The standard InChI is InChI=1S/C25H31NO3/c1-4-5-9-23-24(21-8-6-7-10-22(21)29-23)25(27)19-11-13-20(14-12-19)28-16-15-26-17-18(2)3/h6-8,10-14,18,26H,4-5,9,15-17H2,1-3H3. The zero-order valence-corrected chi connectivity index (χ0v) is 17.7. The number of ketones is 1. The van der Waals surface area contributed by atoms with Gasteiger partial charge in [-0.15, -0.1) is 0 Å². The number of carbonyl (C=O) groups is 1. The average Bonchev–Trinajstić information content (AvgIpc) is 3.10.